The van der Waals surface area contributed by atoms with Crippen LogP contribution in [0.25, 0.3) is 32.9 Å². The Labute approximate surface area is 195 Å². The van der Waals surface area contributed by atoms with Crippen LogP contribution in [-0.4, -0.2) is 40.7 Å². The highest BCUT2D eigenvalue weighted by atomic mass is 35.5. The number of carbonyl (C=O) groups is 2. The van der Waals surface area contributed by atoms with Crippen molar-refractivity contribution in [2.24, 2.45) is 7.05 Å². The standard InChI is InChI=1S/C26H22ClN3O3/c1-30-19-10-13(17-12-28-9-8-21(17)31)6-7-15(19)22-20(30)11-16(14-4-2-3-5-18(14)27)23-24(22)26(33)29-25(23)32/h2-7,10-11,17,21,28,31H,8-9,12H2,1H3,(H,29,32,33). The lowest BCUT2D eigenvalue weighted by molar-refractivity contribution is 0.0880. The van der Waals surface area contributed by atoms with Gasteiger partial charge in [0.25, 0.3) is 11.8 Å². The summed E-state index contributed by atoms with van der Waals surface area (Å²) in [5, 5.41) is 18.6. The molecule has 6 rings (SSSR count). The molecule has 2 atom stereocenters. The molecule has 0 aliphatic carbocycles. The van der Waals surface area contributed by atoms with Crippen molar-refractivity contribution in [3.63, 3.8) is 0 Å². The minimum atomic E-state index is -0.406. The number of carbonyl (C=O) groups excluding carboxylic acids is 2. The first kappa shape index (κ1) is 20.4. The molecule has 6 nitrogen and oxygen atoms in total. The normalized spacial score (nSPS) is 20.5. The monoisotopic (exact) mass is 459 g/mol. The molecule has 0 saturated carbocycles. The number of hydrogen-bond donors (Lipinski definition) is 3. The van der Waals surface area contributed by atoms with Crippen molar-refractivity contribution >= 4 is 45.2 Å². The van der Waals surface area contributed by atoms with Crippen molar-refractivity contribution in [2.45, 2.75) is 18.4 Å². The second-order valence-electron chi connectivity index (χ2n) is 8.83. The quantitative estimate of drug-likeness (QED) is 0.396. The summed E-state index contributed by atoms with van der Waals surface area (Å²) in [7, 11) is 1.96. The molecule has 0 bridgehead atoms. The van der Waals surface area contributed by atoms with Gasteiger partial charge in [-0.25, -0.2) is 0 Å². The summed E-state index contributed by atoms with van der Waals surface area (Å²) in [6, 6.07) is 15.4. The number of nitrogens with zero attached hydrogens (tertiary/aromatic N) is 1. The number of rotatable bonds is 2. The number of benzene rings is 3. The largest absolute Gasteiger partial charge is 0.392 e. The third kappa shape index (κ3) is 2.95. The van der Waals surface area contributed by atoms with E-state index < -0.39 is 17.9 Å². The molecule has 1 aromatic heterocycles. The van der Waals surface area contributed by atoms with E-state index in [1.54, 1.807) is 6.07 Å². The van der Waals surface area contributed by atoms with Gasteiger partial charge >= 0.3 is 0 Å². The number of piperidine rings is 1. The third-order valence-corrected chi connectivity index (χ3v) is 7.37. The molecule has 1 fully saturated rings. The molecule has 3 aromatic carbocycles. The zero-order chi connectivity index (χ0) is 22.9. The van der Waals surface area contributed by atoms with Gasteiger partial charge in [0.2, 0.25) is 0 Å². The second-order valence-corrected chi connectivity index (χ2v) is 9.24. The van der Waals surface area contributed by atoms with Crippen LogP contribution in [0.15, 0.2) is 48.5 Å². The van der Waals surface area contributed by atoms with Gasteiger partial charge in [-0.1, -0.05) is 41.9 Å². The van der Waals surface area contributed by atoms with Crippen molar-refractivity contribution in [1.29, 1.82) is 0 Å². The first-order valence-electron chi connectivity index (χ1n) is 11.0. The number of amides is 2. The van der Waals surface area contributed by atoms with E-state index in [1.807, 2.05) is 48.0 Å². The van der Waals surface area contributed by atoms with Crippen LogP contribution in [0.4, 0.5) is 0 Å². The minimum Gasteiger partial charge on any atom is -0.392 e. The number of halogens is 1. The number of nitrogens with one attached hydrogen (secondary N) is 2. The van der Waals surface area contributed by atoms with Gasteiger partial charge in [-0.05, 0) is 42.3 Å². The zero-order valence-electron chi connectivity index (χ0n) is 18.0. The van der Waals surface area contributed by atoms with Crippen molar-refractivity contribution in [3.05, 3.63) is 70.2 Å². The fourth-order valence-corrected chi connectivity index (χ4v) is 5.61. The molecule has 0 spiro atoms. The van der Waals surface area contributed by atoms with Crippen LogP contribution in [0.3, 0.4) is 0 Å². The molecule has 4 aromatic rings. The average molecular weight is 460 g/mol. The fourth-order valence-electron chi connectivity index (χ4n) is 5.37. The van der Waals surface area contributed by atoms with Gasteiger partial charge in [-0.15, -0.1) is 0 Å². The van der Waals surface area contributed by atoms with Crippen molar-refractivity contribution in [3.8, 4) is 11.1 Å². The summed E-state index contributed by atoms with van der Waals surface area (Å²) in [6.07, 6.45) is 0.326. The van der Waals surface area contributed by atoms with Crippen molar-refractivity contribution < 1.29 is 14.7 Å². The van der Waals surface area contributed by atoms with Crippen LogP contribution in [0, 0.1) is 0 Å². The summed E-state index contributed by atoms with van der Waals surface area (Å²) >= 11 is 6.48. The van der Waals surface area contributed by atoms with Gasteiger partial charge in [-0.3, -0.25) is 14.9 Å². The molecule has 2 aliphatic rings. The average Bonchev–Trinajstić information content (AvgIpc) is 3.27. The van der Waals surface area contributed by atoms with E-state index >= 15 is 0 Å². The van der Waals surface area contributed by atoms with Crippen LogP contribution < -0.4 is 10.6 Å². The molecular formula is C26H22ClN3O3. The molecule has 2 unspecified atom stereocenters. The van der Waals surface area contributed by atoms with Gasteiger partial charge < -0.3 is 15.0 Å². The molecule has 3 heterocycles. The third-order valence-electron chi connectivity index (χ3n) is 7.04. The fraction of sp³-hybridized carbons (Fsp3) is 0.231. The Kier molecular flexibility index (Phi) is 4.59. The van der Waals surface area contributed by atoms with E-state index in [9.17, 15) is 14.7 Å². The lowest BCUT2D eigenvalue weighted by Gasteiger charge is -2.28. The predicted octanol–water partition coefficient (Wildman–Crippen LogP) is 3.97. The summed E-state index contributed by atoms with van der Waals surface area (Å²) in [4.78, 5) is 25.8. The van der Waals surface area contributed by atoms with Crippen LogP contribution in [0.2, 0.25) is 5.02 Å². The van der Waals surface area contributed by atoms with E-state index in [2.05, 4.69) is 16.7 Å². The van der Waals surface area contributed by atoms with Crippen LogP contribution >= 0.6 is 11.6 Å². The summed E-state index contributed by atoms with van der Waals surface area (Å²) in [6.45, 7) is 1.54. The highest BCUT2D eigenvalue weighted by Gasteiger charge is 2.35. The second kappa shape index (κ2) is 7.42. The summed E-state index contributed by atoms with van der Waals surface area (Å²) in [5.74, 6) is -0.787. The Balaban J connectivity index is 1.67. The van der Waals surface area contributed by atoms with Crippen LogP contribution in [0.1, 0.15) is 38.6 Å². The molecule has 0 radical (unpaired) electrons. The maximum Gasteiger partial charge on any atom is 0.259 e. The molecule has 3 N–H and O–H groups in total. The number of aliphatic hydroxyl groups is 1. The number of aryl methyl sites for hydroxylation is 1. The van der Waals surface area contributed by atoms with Gasteiger partial charge in [0.05, 0.1) is 22.7 Å². The molecule has 2 aliphatic heterocycles. The Hall–Kier alpha value is -3.19. The van der Waals surface area contributed by atoms with Crippen LogP contribution in [0.5, 0.6) is 0 Å². The van der Waals surface area contributed by atoms with Crippen LogP contribution in [-0.2, 0) is 7.05 Å². The Morgan fingerprint density at radius 3 is 2.58 bits per heavy atom. The van der Waals surface area contributed by atoms with Crippen molar-refractivity contribution in [2.75, 3.05) is 13.1 Å². The van der Waals surface area contributed by atoms with Gasteiger partial charge in [0.1, 0.15) is 0 Å². The van der Waals surface area contributed by atoms with Crippen molar-refractivity contribution in [1.82, 2.24) is 15.2 Å². The minimum absolute atomic E-state index is 0.00967. The lowest BCUT2D eigenvalue weighted by atomic mass is 9.88. The number of fused-ring (bicyclic) bond motifs is 5. The molecular weight excluding hydrogens is 438 g/mol. The molecule has 33 heavy (non-hydrogen) atoms. The number of aromatic nitrogens is 1. The highest BCUT2D eigenvalue weighted by Crippen LogP contribution is 2.42. The molecule has 2 amide bonds. The first-order chi connectivity index (χ1) is 16.0. The lowest BCUT2D eigenvalue weighted by Crippen LogP contribution is -2.38. The van der Waals surface area contributed by atoms with E-state index in [4.69, 9.17) is 11.6 Å². The van der Waals surface area contributed by atoms with Gasteiger partial charge in [-0.2, -0.15) is 0 Å². The van der Waals surface area contributed by atoms with E-state index in [0.29, 0.717) is 27.3 Å². The van der Waals surface area contributed by atoms with E-state index in [1.165, 1.54) is 0 Å². The number of hydrogen-bond acceptors (Lipinski definition) is 4. The smallest absolute Gasteiger partial charge is 0.259 e. The Morgan fingerprint density at radius 2 is 1.79 bits per heavy atom. The summed E-state index contributed by atoms with van der Waals surface area (Å²) in [5.41, 5.74) is 4.97. The molecule has 1 saturated heterocycles. The maximum absolute atomic E-state index is 13.0. The zero-order valence-corrected chi connectivity index (χ0v) is 18.7. The SMILES string of the molecule is Cn1c2cc(C3CNCCC3O)ccc2c2c3c(c(-c4ccccc4Cl)cc21)C(=O)NC3=O. The Morgan fingerprint density at radius 1 is 1.00 bits per heavy atom. The van der Waals surface area contributed by atoms with E-state index in [-0.39, 0.29) is 5.92 Å². The van der Waals surface area contributed by atoms with E-state index in [0.717, 1.165) is 46.9 Å². The maximum atomic E-state index is 13.0. The predicted molar refractivity (Wildman–Crippen MR) is 129 cm³/mol. The number of aliphatic hydroxyl groups excluding tert-OH is 1. The van der Waals surface area contributed by atoms with Gasteiger partial charge in [0, 0.05) is 46.4 Å². The molecule has 166 valence electrons. The topological polar surface area (TPSA) is 83.4 Å². The molecule has 7 heteroatoms. The highest BCUT2D eigenvalue weighted by molar-refractivity contribution is 6.36. The Bertz CT molecular complexity index is 1490. The first-order valence-corrected chi connectivity index (χ1v) is 11.4. The summed E-state index contributed by atoms with van der Waals surface area (Å²) < 4.78 is 2.05. The number of imide groups is 1. The van der Waals surface area contributed by atoms with Gasteiger partial charge in [0.15, 0.2) is 0 Å².